The van der Waals surface area contributed by atoms with E-state index in [9.17, 15) is 0 Å². The van der Waals surface area contributed by atoms with Crippen LogP contribution in [0.25, 0.3) is 16.0 Å². The molecule has 0 unspecified atom stereocenters. The van der Waals surface area contributed by atoms with Crippen LogP contribution >= 0.6 is 30.1 Å². The second-order valence-electron chi connectivity index (χ2n) is 6.51. The van der Waals surface area contributed by atoms with Crippen molar-refractivity contribution in [2.75, 3.05) is 32.7 Å². The number of rotatable bonds is 0. The molecule has 2 fully saturated rings. The van der Waals surface area contributed by atoms with E-state index in [1.807, 2.05) is 12.3 Å². The second-order valence-corrected chi connectivity index (χ2v) is 12.8. The van der Waals surface area contributed by atoms with Gasteiger partial charge >= 0.3 is 41.5 Å². The van der Waals surface area contributed by atoms with Gasteiger partial charge in [0.15, 0.2) is 0 Å². The standard InChI is InChI=1S/2C6H12N.C6H8N.3ClH.Cr/c3*1-6-2-4-7-5-3-6;;;;/h2*6H,2-5H2,1H3;2-4H,5H2,1H3;3*1H;/q3*-1;;;;+3/p-3. The topological polar surface area (TPSA) is 42.3 Å². The average molecular weight is 449 g/mol. The van der Waals surface area contributed by atoms with Gasteiger partial charge < -0.3 is 16.0 Å². The van der Waals surface area contributed by atoms with Gasteiger partial charge in [0.1, 0.15) is 0 Å². The number of nitrogens with zero attached hydrogens (tertiary/aromatic N) is 3. The number of hydrogen-bond donors (Lipinski definition) is 0. The Morgan fingerprint density at radius 1 is 0.880 bits per heavy atom. The Balaban J connectivity index is 0.000000314. The van der Waals surface area contributed by atoms with Gasteiger partial charge in [-0.15, -0.1) is 32.7 Å². The number of piperidine rings is 2. The molecule has 0 bridgehead atoms. The second kappa shape index (κ2) is 18.0. The van der Waals surface area contributed by atoms with Crippen LogP contribution in [0.5, 0.6) is 0 Å². The zero-order valence-electron chi connectivity index (χ0n) is 15.6. The zero-order valence-corrected chi connectivity index (χ0v) is 19.2. The Hall–Kier alpha value is 0.602. The number of allylic oxidation sites excluding steroid dienone is 2. The SMILES string of the molecule is CC1=CC[N-]C=C1.CC1CC[N-]CC1.CC1CC[N-]CC1.[Cl][Cr]([Cl])[Cl]. The molecule has 149 valence electrons. The molecule has 0 radical (unpaired) electrons. The molecule has 0 atom stereocenters. The molecular weight excluding hydrogens is 417 g/mol. The van der Waals surface area contributed by atoms with Crippen molar-refractivity contribution in [3.8, 4) is 0 Å². The molecule has 25 heavy (non-hydrogen) atoms. The van der Waals surface area contributed by atoms with Gasteiger partial charge in [-0.1, -0.05) is 57.3 Å². The Kier molecular flexibility index (Phi) is 18.4. The fourth-order valence-electron chi connectivity index (χ4n) is 2.25. The minimum absolute atomic E-state index is 0.863. The van der Waals surface area contributed by atoms with Crippen molar-refractivity contribution in [2.24, 2.45) is 11.8 Å². The van der Waals surface area contributed by atoms with Gasteiger partial charge in [-0.3, -0.25) is 0 Å². The van der Waals surface area contributed by atoms with E-state index in [1.54, 1.807) is 0 Å². The van der Waals surface area contributed by atoms with Crippen LogP contribution in [0.1, 0.15) is 46.5 Å². The van der Waals surface area contributed by atoms with Crippen molar-refractivity contribution < 1.29 is 11.4 Å². The summed E-state index contributed by atoms with van der Waals surface area (Å²) in [6.07, 6.45) is 11.2. The van der Waals surface area contributed by atoms with Crippen LogP contribution in [-0.2, 0) is 11.4 Å². The fourth-order valence-corrected chi connectivity index (χ4v) is 2.25. The average Bonchev–Trinajstić information content (AvgIpc) is 2.58. The molecule has 0 saturated carbocycles. The van der Waals surface area contributed by atoms with Crippen LogP contribution in [0, 0.1) is 11.8 Å². The normalized spacial score (nSPS) is 20.7. The first-order valence-electron chi connectivity index (χ1n) is 8.91. The molecule has 0 aromatic rings. The van der Waals surface area contributed by atoms with Crippen LogP contribution in [-0.4, -0.2) is 32.7 Å². The molecule has 3 rings (SSSR count). The van der Waals surface area contributed by atoms with E-state index in [2.05, 4.69) is 42.8 Å². The molecule has 0 aromatic heterocycles. The molecule has 3 heterocycles. The summed E-state index contributed by atoms with van der Waals surface area (Å²) < 4.78 is 0. The minimum atomic E-state index is -1.62. The summed E-state index contributed by atoms with van der Waals surface area (Å²) in [5.74, 6) is 1.88. The van der Waals surface area contributed by atoms with E-state index in [-0.39, 0.29) is 0 Å². The van der Waals surface area contributed by atoms with E-state index in [0.29, 0.717) is 0 Å². The number of hydrogen-bond acceptors (Lipinski definition) is 0. The molecule has 0 spiro atoms. The van der Waals surface area contributed by atoms with Gasteiger partial charge in [0.2, 0.25) is 0 Å². The van der Waals surface area contributed by atoms with Crippen LogP contribution in [0.2, 0.25) is 0 Å². The third-order valence-electron chi connectivity index (χ3n) is 4.08. The maximum absolute atomic E-state index is 4.93. The Bertz CT molecular complexity index is 335. The van der Waals surface area contributed by atoms with Crippen molar-refractivity contribution >= 4 is 30.1 Å². The molecule has 3 aliphatic heterocycles. The van der Waals surface area contributed by atoms with Crippen molar-refractivity contribution in [3.63, 3.8) is 0 Å². The van der Waals surface area contributed by atoms with Crippen molar-refractivity contribution in [3.05, 3.63) is 39.9 Å². The quantitative estimate of drug-likeness (QED) is 0.368. The molecule has 0 aliphatic carbocycles. The van der Waals surface area contributed by atoms with Crippen molar-refractivity contribution in [2.45, 2.75) is 46.5 Å². The predicted octanol–water partition coefficient (Wildman–Crippen LogP) is 7.48. The first-order valence-corrected chi connectivity index (χ1v) is 14.2. The molecule has 0 N–H and O–H groups in total. The van der Waals surface area contributed by atoms with Gasteiger partial charge in [0.05, 0.1) is 0 Å². The van der Waals surface area contributed by atoms with Gasteiger partial charge in [-0.25, -0.2) is 0 Å². The van der Waals surface area contributed by atoms with E-state index in [1.165, 1.54) is 31.3 Å². The fraction of sp³-hybridized carbons (Fsp3) is 0.778. The monoisotopic (exact) mass is 447 g/mol. The van der Waals surface area contributed by atoms with Crippen molar-refractivity contribution in [1.82, 2.24) is 0 Å². The third-order valence-corrected chi connectivity index (χ3v) is 4.08. The molecule has 3 aliphatic rings. The molecule has 7 heteroatoms. The van der Waals surface area contributed by atoms with Crippen LogP contribution in [0.4, 0.5) is 0 Å². The molecule has 0 amide bonds. The van der Waals surface area contributed by atoms with Gasteiger partial charge in [0.25, 0.3) is 0 Å². The van der Waals surface area contributed by atoms with Crippen LogP contribution in [0.15, 0.2) is 23.9 Å². The molecular formula is C18H32Cl3CrN3-3. The summed E-state index contributed by atoms with van der Waals surface area (Å²) in [5.41, 5.74) is 1.31. The van der Waals surface area contributed by atoms with E-state index in [4.69, 9.17) is 30.1 Å². The third kappa shape index (κ3) is 20.8. The van der Waals surface area contributed by atoms with Crippen molar-refractivity contribution in [1.29, 1.82) is 0 Å². The Morgan fingerprint density at radius 3 is 1.44 bits per heavy atom. The summed E-state index contributed by atoms with van der Waals surface area (Å²) in [7, 11) is 14.8. The first kappa shape index (κ1) is 25.6. The summed E-state index contributed by atoms with van der Waals surface area (Å²) >= 11 is -1.62. The summed E-state index contributed by atoms with van der Waals surface area (Å²) in [6, 6.07) is 0. The van der Waals surface area contributed by atoms with Crippen LogP contribution in [0.3, 0.4) is 0 Å². The van der Waals surface area contributed by atoms with E-state index in [0.717, 1.165) is 44.6 Å². The molecule has 0 aromatic carbocycles. The first-order chi connectivity index (χ1) is 11.9. The Morgan fingerprint density at radius 2 is 1.28 bits per heavy atom. The van der Waals surface area contributed by atoms with Gasteiger partial charge in [-0.05, 0) is 18.8 Å². The molecule has 2 saturated heterocycles. The van der Waals surface area contributed by atoms with E-state index >= 15 is 0 Å². The van der Waals surface area contributed by atoms with Gasteiger partial charge in [0, 0.05) is 0 Å². The van der Waals surface area contributed by atoms with Crippen LogP contribution < -0.4 is 0 Å². The van der Waals surface area contributed by atoms with Gasteiger partial charge in [-0.2, -0.15) is 6.20 Å². The predicted molar refractivity (Wildman–Crippen MR) is 112 cm³/mol. The Labute approximate surface area is 171 Å². The maximum atomic E-state index is 4.93. The molecule has 3 nitrogen and oxygen atoms in total. The summed E-state index contributed by atoms with van der Waals surface area (Å²) in [6.45, 7) is 12.0. The summed E-state index contributed by atoms with van der Waals surface area (Å²) in [5, 5.41) is 12.4. The summed E-state index contributed by atoms with van der Waals surface area (Å²) in [4.78, 5) is 0. The zero-order chi connectivity index (χ0) is 18.9. The van der Waals surface area contributed by atoms with E-state index < -0.39 is 11.4 Å². The number of halogens is 3.